The Balaban J connectivity index is 1.44. The number of esters is 1. The maximum absolute atomic E-state index is 12.2. The average Bonchev–Trinajstić information content (AvgIpc) is 3.10. The number of fused-ring (bicyclic) bond motifs is 5. The minimum Gasteiger partial charge on any atom is -0.462 e. The van der Waals surface area contributed by atoms with Gasteiger partial charge >= 0.3 is 5.97 Å². The molecular formula is C29H45ClO3. The zero-order valence-electron chi connectivity index (χ0n) is 21.0. The number of ether oxygens (including phenoxy) is 1. The van der Waals surface area contributed by atoms with Crippen molar-refractivity contribution >= 4 is 23.4 Å². The highest BCUT2D eigenvalue weighted by Crippen LogP contribution is 2.64. The molecule has 3 nitrogen and oxygen atoms in total. The molecule has 0 aromatic carbocycles. The zero-order chi connectivity index (χ0) is 23.4. The lowest BCUT2D eigenvalue weighted by Crippen LogP contribution is -2.51. The van der Waals surface area contributed by atoms with Crippen LogP contribution in [0.4, 0.5) is 0 Å². The Hall–Kier alpha value is -0.830. The number of ketones is 1. The second-order valence-corrected chi connectivity index (χ2v) is 12.2. The van der Waals surface area contributed by atoms with Crippen LogP contribution < -0.4 is 0 Å². The van der Waals surface area contributed by atoms with E-state index in [1.165, 1.54) is 69.8 Å². The van der Waals surface area contributed by atoms with E-state index in [0.29, 0.717) is 23.5 Å². The molecule has 0 spiro atoms. The molecule has 186 valence electrons. The molecule has 3 saturated carbocycles. The predicted octanol–water partition coefficient (Wildman–Crippen LogP) is 7.65. The van der Waals surface area contributed by atoms with Crippen molar-refractivity contribution in [1.29, 1.82) is 0 Å². The fraction of sp³-hybridized carbons (Fsp3) is 0.862. The van der Waals surface area contributed by atoms with Gasteiger partial charge in [-0.1, -0.05) is 51.0 Å². The van der Waals surface area contributed by atoms with Crippen LogP contribution >= 0.6 is 11.6 Å². The number of carbonyl (C=O) groups is 2. The summed E-state index contributed by atoms with van der Waals surface area (Å²) in [6.07, 6.45) is 20.1. The zero-order valence-corrected chi connectivity index (χ0v) is 21.7. The molecule has 0 amide bonds. The smallest absolute Gasteiger partial charge is 0.302 e. The molecule has 0 heterocycles. The van der Waals surface area contributed by atoms with Gasteiger partial charge in [0, 0.05) is 24.6 Å². The first-order chi connectivity index (χ1) is 15.9. The van der Waals surface area contributed by atoms with Crippen molar-refractivity contribution in [3.8, 4) is 0 Å². The second-order valence-electron chi connectivity index (χ2n) is 11.8. The third-order valence-electron chi connectivity index (χ3n) is 9.90. The number of carbonyl (C=O) groups excluding carboxylic acids is 2. The van der Waals surface area contributed by atoms with E-state index in [-0.39, 0.29) is 17.5 Å². The van der Waals surface area contributed by atoms with E-state index in [9.17, 15) is 9.59 Å². The van der Waals surface area contributed by atoms with E-state index in [4.69, 9.17) is 16.3 Å². The van der Waals surface area contributed by atoms with Gasteiger partial charge in [-0.05, 0) is 87.0 Å². The van der Waals surface area contributed by atoms with E-state index in [2.05, 4.69) is 6.92 Å². The van der Waals surface area contributed by atoms with Crippen molar-refractivity contribution < 1.29 is 14.3 Å². The van der Waals surface area contributed by atoms with Crippen LogP contribution in [0, 0.1) is 35.0 Å². The highest BCUT2D eigenvalue weighted by Gasteiger charge is 2.59. The Kier molecular flexibility index (Phi) is 8.63. The van der Waals surface area contributed by atoms with Crippen molar-refractivity contribution in [2.24, 2.45) is 35.0 Å². The molecule has 0 aromatic heterocycles. The molecule has 4 rings (SSSR count). The second kappa shape index (κ2) is 11.3. The van der Waals surface area contributed by atoms with Gasteiger partial charge in [0.1, 0.15) is 6.10 Å². The standard InChI is InChI=1S/C29H45ClO3/c1-20(31)33-27-14-13-26-28-21(10-8-6-4-3-5-7-9-17-30)18-22-19-23(32)11-12-24(22)25(28)15-16-29(26,27)2/h19,21,24-28H,3-18H2,1-2H3/t21?,24?,25?,26?,27?,28?,29-/m0/s1. The molecule has 0 bridgehead atoms. The maximum Gasteiger partial charge on any atom is 0.302 e. The lowest BCUT2D eigenvalue weighted by Gasteiger charge is -2.56. The van der Waals surface area contributed by atoms with Crippen LogP contribution in [0.25, 0.3) is 0 Å². The molecule has 0 aliphatic heterocycles. The number of unbranched alkanes of at least 4 members (excludes halogenated alkanes) is 6. The van der Waals surface area contributed by atoms with Gasteiger partial charge in [-0.25, -0.2) is 0 Å². The van der Waals surface area contributed by atoms with E-state index in [1.807, 2.05) is 6.08 Å². The lowest BCUT2D eigenvalue weighted by atomic mass is 9.49. The first-order valence-electron chi connectivity index (χ1n) is 13.9. The largest absolute Gasteiger partial charge is 0.462 e. The molecular weight excluding hydrogens is 432 g/mol. The number of halogens is 1. The van der Waals surface area contributed by atoms with E-state index in [1.54, 1.807) is 6.92 Å². The summed E-state index contributed by atoms with van der Waals surface area (Å²) in [5.74, 6) is 4.49. The summed E-state index contributed by atoms with van der Waals surface area (Å²) >= 11 is 5.80. The number of rotatable bonds is 10. The molecule has 4 aliphatic rings. The first-order valence-corrected chi connectivity index (χ1v) is 14.4. The number of allylic oxidation sites excluding steroid dienone is 1. The van der Waals surface area contributed by atoms with Crippen LogP contribution in [0.1, 0.15) is 110 Å². The van der Waals surface area contributed by atoms with Crippen LogP contribution in [0.15, 0.2) is 11.6 Å². The van der Waals surface area contributed by atoms with Crippen molar-refractivity contribution in [3.63, 3.8) is 0 Å². The van der Waals surface area contributed by atoms with E-state index in [0.717, 1.165) is 49.8 Å². The highest BCUT2D eigenvalue weighted by atomic mass is 35.5. The average molecular weight is 477 g/mol. The molecule has 6 unspecified atom stereocenters. The van der Waals surface area contributed by atoms with Crippen LogP contribution in [0.2, 0.25) is 0 Å². The summed E-state index contributed by atoms with van der Waals surface area (Å²) in [6.45, 7) is 3.99. The molecule has 4 heteroatoms. The van der Waals surface area contributed by atoms with Crippen LogP contribution in [0.3, 0.4) is 0 Å². The summed E-state index contributed by atoms with van der Waals surface area (Å²) in [5, 5.41) is 0. The normalized spacial score (nSPS) is 37.7. The van der Waals surface area contributed by atoms with Gasteiger partial charge < -0.3 is 4.74 Å². The van der Waals surface area contributed by atoms with Gasteiger partial charge in [0.15, 0.2) is 5.78 Å². The van der Waals surface area contributed by atoms with Crippen LogP contribution in [-0.4, -0.2) is 23.7 Å². The van der Waals surface area contributed by atoms with Gasteiger partial charge in [-0.3, -0.25) is 9.59 Å². The number of hydrogen-bond acceptors (Lipinski definition) is 3. The van der Waals surface area contributed by atoms with E-state index >= 15 is 0 Å². The van der Waals surface area contributed by atoms with Gasteiger partial charge in [-0.2, -0.15) is 0 Å². The summed E-state index contributed by atoms with van der Waals surface area (Å²) in [7, 11) is 0. The summed E-state index contributed by atoms with van der Waals surface area (Å²) in [6, 6.07) is 0. The lowest BCUT2D eigenvalue weighted by molar-refractivity contribution is -0.157. The Morgan fingerprint density at radius 2 is 1.79 bits per heavy atom. The number of hydrogen-bond donors (Lipinski definition) is 0. The molecule has 3 fully saturated rings. The Morgan fingerprint density at radius 1 is 1.06 bits per heavy atom. The topological polar surface area (TPSA) is 43.4 Å². The summed E-state index contributed by atoms with van der Waals surface area (Å²) in [4.78, 5) is 24.0. The molecule has 0 aromatic rings. The van der Waals surface area contributed by atoms with Gasteiger partial charge in [-0.15, -0.1) is 11.6 Å². The summed E-state index contributed by atoms with van der Waals surface area (Å²) in [5.41, 5.74) is 1.62. The summed E-state index contributed by atoms with van der Waals surface area (Å²) < 4.78 is 5.87. The Bertz CT molecular complexity index is 730. The molecule has 0 radical (unpaired) electrons. The SMILES string of the molecule is CC(=O)OC1CCC2C3C(CCCCCCCCCCl)CC4=CC(=O)CCC4C3CC[C@]12C. The molecule has 4 aliphatic carbocycles. The van der Waals surface area contributed by atoms with Crippen molar-refractivity contribution in [2.45, 2.75) is 116 Å². The molecule has 0 saturated heterocycles. The third kappa shape index (κ3) is 5.54. The molecule has 7 atom stereocenters. The van der Waals surface area contributed by atoms with Crippen molar-refractivity contribution in [1.82, 2.24) is 0 Å². The Labute approximate surface area is 206 Å². The Morgan fingerprint density at radius 3 is 2.52 bits per heavy atom. The monoisotopic (exact) mass is 476 g/mol. The van der Waals surface area contributed by atoms with Crippen LogP contribution in [0.5, 0.6) is 0 Å². The minimum atomic E-state index is -0.119. The number of alkyl halides is 1. The highest BCUT2D eigenvalue weighted by molar-refractivity contribution is 6.17. The van der Waals surface area contributed by atoms with Gasteiger partial charge in [0.25, 0.3) is 0 Å². The predicted molar refractivity (Wildman–Crippen MR) is 134 cm³/mol. The maximum atomic E-state index is 12.2. The van der Waals surface area contributed by atoms with Gasteiger partial charge in [0.05, 0.1) is 0 Å². The van der Waals surface area contributed by atoms with Crippen molar-refractivity contribution in [2.75, 3.05) is 5.88 Å². The molecule has 0 N–H and O–H groups in total. The first kappa shape index (κ1) is 25.3. The fourth-order valence-electron chi connectivity index (χ4n) is 8.40. The quantitative estimate of drug-likeness (QED) is 0.185. The van der Waals surface area contributed by atoms with Crippen molar-refractivity contribution in [3.05, 3.63) is 11.6 Å². The molecule has 33 heavy (non-hydrogen) atoms. The van der Waals surface area contributed by atoms with Gasteiger partial charge in [0.2, 0.25) is 0 Å². The third-order valence-corrected chi connectivity index (χ3v) is 10.2. The van der Waals surface area contributed by atoms with E-state index < -0.39 is 0 Å². The minimum absolute atomic E-state index is 0.0967. The van der Waals surface area contributed by atoms with Crippen LogP contribution in [-0.2, 0) is 14.3 Å². The fourth-order valence-corrected chi connectivity index (χ4v) is 8.59.